The molecule has 19 heavy (non-hydrogen) atoms. The highest BCUT2D eigenvalue weighted by molar-refractivity contribution is 5.82. The van der Waals surface area contributed by atoms with Gasteiger partial charge in [0.1, 0.15) is 0 Å². The lowest BCUT2D eigenvalue weighted by Gasteiger charge is -2.39. The van der Waals surface area contributed by atoms with Crippen molar-refractivity contribution in [2.24, 2.45) is 13.0 Å². The molecular formula is C13H17N3O3. The summed E-state index contributed by atoms with van der Waals surface area (Å²) in [5.74, 6) is -1.29. The number of rotatable bonds is 3. The summed E-state index contributed by atoms with van der Waals surface area (Å²) in [4.78, 5) is 25.5. The maximum Gasteiger partial charge on any atom is 0.309 e. The van der Waals surface area contributed by atoms with Crippen molar-refractivity contribution in [3.05, 3.63) is 18.0 Å². The van der Waals surface area contributed by atoms with Crippen LogP contribution in [0.5, 0.6) is 0 Å². The summed E-state index contributed by atoms with van der Waals surface area (Å²) >= 11 is 0. The molecule has 1 saturated carbocycles. The topological polar surface area (TPSA) is 75.4 Å². The maximum absolute atomic E-state index is 12.2. The Morgan fingerprint density at radius 2 is 2.16 bits per heavy atom. The zero-order chi connectivity index (χ0) is 13.6. The molecule has 6 heteroatoms. The minimum Gasteiger partial charge on any atom is -0.481 e. The van der Waals surface area contributed by atoms with Crippen molar-refractivity contribution < 1.29 is 14.7 Å². The molecule has 2 aliphatic rings. The number of hydrogen-bond donors (Lipinski definition) is 1. The second-order valence-electron chi connectivity index (χ2n) is 5.34. The number of aliphatic carboxylic acids is 1. The number of carbonyl (C=O) groups excluding carboxylic acids is 1. The maximum atomic E-state index is 12.2. The number of aryl methyl sites for hydroxylation is 1. The van der Waals surface area contributed by atoms with E-state index in [2.05, 4.69) is 5.10 Å². The van der Waals surface area contributed by atoms with Gasteiger partial charge in [0.15, 0.2) is 0 Å². The first-order valence-electron chi connectivity index (χ1n) is 6.61. The van der Waals surface area contributed by atoms with E-state index in [1.165, 1.54) is 0 Å². The fraction of sp³-hybridized carbons (Fsp3) is 0.615. The number of piperidine rings is 1. The minimum absolute atomic E-state index is 0.0752. The second kappa shape index (κ2) is 4.36. The quantitative estimate of drug-likeness (QED) is 0.880. The summed E-state index contributed by atoms with van der Waals surface area (Å²) in [7, 11) is 1.79. The van der Waals surface area contributed by atoms with Gasteiger partial charge < -0.3 is 10.0 Å². The molecule has 0 spiro atoms. The normalized spacial score (nSPS) is 27.6. The molecule has 2 fully saturated rings. The number of carboxylic acid groups (broad SMARTS) is 1. The van der Waals surface area contributed by atoms with Crippen molar-refractivity contribution in [2.45, 2.75) is 37.8 Å². The minimum atomic E-state index is -0.829. The molecule has 1 aliphatic carbocycles. The van der Waals surface area contributed by atoms with Gasteiger partial charge >= 0.3 is 5.97 Å². The Morgan fingerprint density at radius 1 is 1.42 bits per heavy atom. The van der Waals surface area contributed by atoms with E-state index in [0.29, 0.717) is 12.8 Å². The molecule has 0 radical (unpaired) electrons. The smallest absolute Gasteiger partial charge is 0.309 e. The van der Waals surface area contributed by atoms with Crippen LogP contribution in [0.2, 0.25) is 0 Å². The molecular weight excluding hydrogens is 246 g/mol. The van der Waals surface area contributed by atoms with Gasteiger partial charge in [-0.05, 0) is 25.3 Å². The first kappa shape index (κ1) is 12.2. The van der Waals surface area contributed by atoms with Crippen LogP contribution in [-0.2, 0) is 16.6 Å². The third kappa shape index (κ3) is 2.01. The Balaban J connectivity index is 2.02. The summed E-state index contributed by atoms with van der Waals surface area (Å²) in [6.07, 6.45) is 4.35. The van der Waals surface area contributed by atoms with E-state index >= 15 is 0 Å². The number of likely N-dealkylation sites (tertiary alicyclic amines) is 1. The summed E-state index contributed by atoms with van der Waals surface area (Å²) in [5.41, 5.74) is 0.812. The summed E-state index contributed by atoms with van der Waals surface area (Å²) in [5, 5.41) is 13.5. The van der Waals surface area contributed by atoms with Crippen LogP contribution < -0.4 is 0 Å². The molecule has 2 unspecified atom stereocenters. The molecule has 0 aromatic carbocycles. The molecule has 1 aromatic rings. The first-order chi connectivity index (χ1) is 9.09. The zero-order valence-corrected chi connectivity index (χ0v) is 10.8. The van der Waals surface area contributed by atoms with Gasteiger partial charge in [-0.1, -0.05) is 0 Å². The average molecular weight is 263 g/mol. The molecule has 1 aliphatic heterocycles. The number of nitrogens with zero attached hydrogens (tertiary/aromatic N) is 3. The van der Waals surface area contributed by atoms with E-state index in [-0.39, 0.29) is 18.0 Å². The molecule has 1 N–H and O–H groups in total. The van der Waals surface area contributed by atoms with Crippen molar-refractivity contribution in [3.8, 4) is 0 Å². The van der Waals surface area contributed by atoms with E-state index < -0.39 is 11.9 Å². The average Bonchev–Trinajstić information content (AvgIpc) is 3.10. The molecule has 1 aromatic heterocycles. The van der Waals surface area contributed by atoms with Crippen LogP contribution >= 0.6 is 0 Å². The Labute approximate surface area is 111 Å². The molecule has 1 saturated heterocycles. The van der Waals surface area contributed by atoms with Crippen molar-refractivity contribution >= 4 is 11.9 Å². The Bertz CT molecular complexity index is 521. The predicted octanol–water partition coefficient (Wildman–Crippen LogP) is 0.947. The summed E-state index contributed by atoms with van der Waals surface area (Å²) in [6, 6.07) is 1.66. The molecule has 102 valence electrons. The molecule has 0 bridgehead atoms. The number of amides is 1. The fourth-order valence-corrected chi connectivity index (χ4v) is 2.98. The first-order valence-corrected chi connectivity index (χ1v) is 6.61. The lowest BCUT2D eigenvalue weighted by Crippen LogP contribution is -2.47. The van der Waals surface area contributed by atoms with Crippen LogP contribution in [0.15, 0.2) is 12.3 Å². The molecule has 1 amide bonds. The lowest BCUT2D eigenvalue weighted by molar-refractivity contribution is -0.152. The Morgan fingerprint density at radius 3 is 2.68 bits per heavy atom. The molecule has 6 nitrogen and oxygen atoms in total. The Hall–Kier alpha value is -1.85. The van der Waals surface area contributed by atoms with E-state index in [4.69, 9.17) is 0 Å². The highest BCUT2D eigenvalue weighted by Gasteiger charge is 2.47. The van der Waals surface area contributed by atoms with Crippen LogP contribution in [0.3, 0.4) is 0 Å². The van der Waals surface area contributed by atoms with Crippen molar-refractivity contribution in [3.63, 3.8) is 0 Å². The van der Waals surface area contributed by atoms with E-state index in [0.717, 1.165) is 18.5 Å². The van der Waals surface area contributed by atoms with Crippen molar-refractivity contribution in [2.75, 3.05) is 0 Å². The molecule has 2 atom stereocenters. The highest BCUT2D eigenvalue weighted by atomic mass is 16.4. The number of carboxylic acids is 1. The van der Waals surface area contributed by atoms with Gasteiger partial charge in [-0.15, -0.1) is 0 Å². The van der Waals surface area contributed by atoms with Gasteiger partial charge in [0.2, 0.25) is 5.91 Å². The standard InChI is InChI=1S/C13H17N3O3/c1-15-10(6-7-14-15)12-9(13(18)19)4-5-11(17)16(12)8-2-3-8/h6-9,12H,2-5H2,1H3,(H,18,19). The van der Waals surface area contributed by atoms with Crippen LogP contribution in [0.1, 0.15) is 37.4 Å². The van der Waals surface area contributed by atoms with Gasteiger partial charge in [0.25, 0.3) is 0 Å². The SMILES string of the molecule is Cn1nccc1C1C(C(=O)O)CCC(=O)N1C1CC1. The van der Waals surface area contributed by atoms with Crippen LogP contribution in [-0.4, -0.2) is 37.7 Å². The van der Waals surface area contributed by atoms with Crippen LogP contribution in [0.4, 0.5) is 0 Å². The van der Waals surface area contributed by atoms with Crippen molar-refractivity contribution in [1.82, 2.24) is 14.7 Å². The highest BCUT2D eigenvalue weighted by Crippen LogP contribution is 2.43. The third-order valence-electron chi connectivity index (χ3n) is 4.06. The monoisotopic (exact) mass is 263 g/mol. The zero-order valence-electron chi connectivity index (χ0n) is 10.8. The fourth-order valence-electron chi connectivity index (χ4n) is 2.98. The Kier molecular flexibility index (Phi) is 2.80. The van der Waals surface area contributed by atoms with Gasteiger partial charge in [0, 0.05) is 25.7 Å². The molecule has 3 rings (SSSR count). The summed E-state index contributed by atoms with van der Waals surface area (Å²) in [6.45, 7) is 0. The van der Waals surface area contributed by atoms with E-state index in [9.17, 15) is 14.7 Å². The third-order valence-corrected chi connectivity index (χ3v) is 4.06. The predicted molar refractivity (Wildman–Crippen MR) is 66.2 cm³/mol. The van der Waals surface area contributed by atoms with Crippen LogP contribution in [0.25, 0.3) is 0 Å². The largest absolute Gasteiger partial charge is 0.481 e. The van der Waals surface area contributed by atoms with Crippen LogP contribution in [0, 0.1) is 5.92 Å². The lowest BCUT2D eigenvalue weighted by atomic mass is 9.86. The van der Waals surface area contributed by atoms with Gasteiger partial charge in [-0.2, -0.15) is 5.10 Å². The van der Waals surface area contributed by atoms with E-state index in [1.807, 2.05) is 6.07 Å². The summed E-state index contributed by atoms with van der Waals surface area (Å²) < 4.78 is 1.68. The van der Waals surface area contributed by atoms with Gasteiger partial charge in [-0.25, -0.2) is 0 Å². The van der Waals surface area contributed by atoms with Crippen molar-refractivity contribution in [1.29, 1.82) is 0 Å². The number of aromatic nitrogens is 2. The van der Waals surface area contributed by atoms with Gasteiger partial charge in [0.05, 0.1) is 17.7 Å². The number of carbonyl (C=O) groups is 2. The van der Waals surface area contributed by atoms with E-state index in [1.54, 1.807) is 22.8 Å². The number of hydrogen-bond acceptors (Lipinski definition) is 3. The second-order valence-corrected chi connectivity index (χ2v) is 5.34. The molecule has 2 heterocycles. The van der Waals surface area contributed by atoms with Gasteiger partial charge in [-0.3, -0.25) is 14.3 Å².